The van der Waals surface area contributed by atoms with Crippen molar-refractivity contribution >= 4 is 12.0 Å². The number of nitrogens with zero attached hydrogens (tertiary/aromatic N) is 1. The fourth-order valence-corrected chi connectivity index (χ4v) is 1.31. The molecule has 4 heteroatoms. The van der Waals surface area contributed by atoms with Gasteiger partial charge in [-0.2, -0.15) is 0 Å². The molecule has 1 rings (SSSR count). The third-order valence-corrected chi connectivity index (χ3v) is 2.63. The summed E-state index contributed by atoms with van der Waals surface area (Å²) in [5, 5.41) is 8.64. The minimum atomic E-state index is -0.994. The van der Waals surface area contributed by atoms with Crippen LogP contribution in [0.1, 0.15) is 31.7 Å². The second-order valence-corrected chi connectivity index (χ2v) is 4.33. The topological polar surface area (TPSA) is 59.4 Å². The van der Waals surface area contributed by atoms with Crippen LogP contribution >= 0.6 is 0 Å². The van der Waals surface area contributed by atoms with Gasteiger partial charge in [0.1, 0.15) is 11.4 Å². The number of rotatable bonds is 6. The molecule has 0 saturated carbocycles. The summed E-state index contributed by atoms with van der Waals surface area (Å²) in [7, 11) is 0. The van der Waals surface area contributed by atoms with Gasteiger partial charge in [-0.05, 0) is 31.1 Å². The van der Waals surface area contributed by atoms with E-state index in [2.05, 4.69) is 18.8 Å². The summed E-state index contributed by atoms with van der Waals surface area (Å²) in [6, 6.07) is 3.68. The van der Waals surface area contributed by atoms with Crippen molar-refractivity contribution < 1.29 is 14.6 Å². The first-order valence-electron chi connectivity index (χ1n) is 6.04. The van der Waals surface area contributed by atoms with Gasteiger partial charge in [-0.25, -0.2) is 9.78 Å². The average molecular weight is 249 g/mol. The zero-order valence-corrected chi connectivity index (χ0v) is 11.0. The highest BCUT2D eigenvalue weighted by molar-refractivity contribution is 5.85. The first kappa shape index (κ1) is 14.2. The summed E-state index contributed by atoms with van der Waals surface area (Å²) < 4.78 is 5.67. The van der Waals surface area contributed by atoms with Crippen LogP contribution in [-0.2, 0) is 4.79 Å². The predicted octanol–water partition coefficient (Wildman–Crippen LogP) is 2.91. The normalized spacial score (nSPS) is 12.6. The van der Waals surface area contributed by atoms with E-state index in [4.69, 9.17) is 9.84 Å². The SMILES string of the molecule is CCC(C)COc1ccc(C)nc1C=CC(=O)O. The van der Waals surface area contributed by atoms with Crippen LogP contribution in [0.5, 0.6) is 5.75 Å². The first-order chi connectivity index (χ1) is 8.52. The number of carboxylic acid groups (broad SMARTS) is 1. The van der Waals surface area contributed by atoms with Crippen molar-refractivity contribution in [3.8, 4) is 5.75 Å². The molecule has 0 spiro atoms. The van der Waals surface area contributed by atoms with Gasteiger partial charge in [-0.3, -0.25) is 0 Å². The summed E-state index contributed by atoms with van der Waals surface area (Å²) in [5.41, 5.74) is 1.39. The van der Waals surface area contributed by atoms with E-state index in [-0.39, 0.29) is 0 Å². The highest BCUT2D eigenvalue weighted by Crippen LogP contribution is 2.19. The van der Waals surface area contributed by atoms with Crippen LogP contribution < -0.4 is 4.74 Å². The molecule has 0 aliphatic rings. The van der Waals surface area contributed by atoms with Gasteiger partial charge in [-0.1, -0.05) is 20.3 Å². The average Bonchev–Trinajstić information content (AvgIpc) is 2.34. The largest absolute Gasteiger partial charge is 0.491 e. The second kappa shape index (κ2) is 6.79. The van der Waals surface area contributed by atoms with E-state index >= 15 is 0 Å². The van der Waals surface area contributed by atoms with Crippen molar-refractivity contribution in [1.29, 1.82) is 0 Å². The monoisotopic (exact) mass is 249 g/mol. The van der Waals surface area contributed by atoms with E-state index in [1.165, 1.54) is 6.08 Å². The van der Waals surface area contributed by atoms with Crippen LogP contribution in [0.4, 0.5) is 0 Å². The van der Waals surface area contributed by atoms with Crippen LogP contribution in [-0.4, -0.2) is 22.7 Å². The highest BCUT2D eigenvalue weighted by atomic mass is 16.5. The number of pyridine rings is 1. The van der Waals surface area contributed by atoms with Gasteiger partial charge >= 0.3 is 5.97 Å². The Hall–Kier alpha value is -1.84. The lowest BCUT2D eigenvalue weighted by molar-refractivity contribution is -0.131. The summed E-state index contributed by atoms with van der Waals surface area (Å²) in [6.07, 6.45) is 3.57. The zero-order chi connectivity index (χ0) is 13.5. The third kappa shape index (κ3) is 4.57. The number of aliphatic carboxylic acids is 1. The molecule has 1 aromatic heterocycles. The van der Waals surface area contributed by atoms with Crippen molar-refractivity contribution in [3.05, 3.63) is 29.6 Å². The van der Waals surface area contributed by atoms with Gasteiger partial charge in [0.25, 0.3) is 0 Å². The van der Waals surface area contributed by atoms with Crippen molar-refractivity contribution in [3.63, 3.8) is 0 Å². The molecule has 0 saturated heterocycles. The Bertz CT molecular complexity index is 441. The maximum Gasteiger partial charge on any atom is 0.328 e. The van der Waals surface area contributed by atoms with Gasteiger partial charge in [0, 0.05) is 11.8 Å². The number of aryl methyl sites for hydroxylation is 1. The molecule has 1 aromatic rings. The molecule has 18 heavy (non-hydrogen) atoms. The molecule has 0 aliphatic heterocycles. The van der Waals surface area contributed by atoms with Crippen molar-refractivity contribution in [2.24, 2.45) is 5.92 Å². The van der Waals surface area contributed by atoms with Crippen LogP contribution in [0, 0.1) is 12.8 Å². The molecule has 1 N–H and O–H groups in total. The summed E-state index contributed by atoms with van der Waals surface area (Å²) >= 11 is 0. The number of ether oxygens (including phenoxy) is 1. The molecule has 0 fully saturated rings. The molecule has 0 aromatic carbocycles. The number of hydrogen-bond acceptors (Lipinski definition) is 3. The van der Waals surface area contributed by atoms with Crippen molar-refractivity contribution in [2.75, 3.05) is 6.61 Å². The number of carbonyl (C=O) groups is 1. The maximum atomic E-state index is 10.5. The molecule has 0 radical (unpaired) electrons. The summed E-state index contributed by atoms with van der Waals surface area (Å²) in [5.74, 6) is 0.0900. The van der Waals surface area contributed by atoms with Gasteiger partial charge in [-0.15, -0.1) is 0 Å². The molecular formula is C14H19NO3. The van der Waals surface area contributed by atoms with E-state index in [1.807, 2.05) is 19.1 Å². The smallest absolute Gasteiger partial charge is 0.328 e. The van der Waals surface area contributed by atoms with Crippen molar-refractivity contribution in [1.82, 2.24) is 4.98 Å². The Labute approximate surface area is 107 Å². The lowest BCUT2D eigenvalue weighted by atomic mass is 10.1. The third-order valence-electron chi connectivity index (χ3n) is 2.63. The van der Waals surface area contributed by atoms with Crippen molar-refractivity contribution in [2.45, 2.75) is 27.2 Å². The molecule has 0 aliphatic carbocycles. The molecule has 1 heterocycles. The van der Waals surface area contributed by atoms with Gasteiger partial charge in [0.15, 0.2) is 0 Å². The lowest BCUT2D eigenvalue weighted by Gasteiger charge is -2.12. The molecule has 1 atom stereocenters. The highest BCUT2D eigenvalue weighted by Gasteiger charge is 2.06. The second-order valence-electron chi connectivity index (χ2n) is 4.33. The zero-order valence-electron chi connectivity index (χ0n) is 11.0. The fourth-order valence-electron chi connectivity index (χ4n) is 1.31. The Morgan fingerprint density at radius 2 is 2.28 bits per heavy atom. The van der Waals surface area contributed by atoms with Gasteiger partial charge in [0.2, 0.25) is 0 Å². The van der Waals surface area contributed by atoms with E-state index in [0.717, 1.165) is 18.2 Å². The van der Waals surface area contributed by atoms with E-state index < -0.39 is 5.97 Å². The minimum Gasteiger partial charge on any atom is -0.491 e. The van der Waals surface area contributed by atoms with E-state index in [0.29, 0.717) is 24.0 Å². The molecule has 1 unspecified atom stereocenters. The maximum absolute atomic E-state index is 10.5. The Balaban J connectivity index is 2.86. The first-order valence-corrected chi connectivity index (χ1v) is 6.04. The van der Waals surface area contributed by atoms with Crippen LogP contribution in [0.2, 0.25) is 0 Å². The van der Waals surface area contributed by atoms with E-state index in [9.17, 15) is 4.79 Å². The molecular weight excluding hydrogens is 230 g/mol. The quantitative estimate of drug-likeness (QED) is 0.787. The summed E-state index contributed by atoms with van der Waals surface area (Å²) in [4.78, 5) is 14.8. The number of hydrogen-bond donors (Lipinski definition) is 1. The van der Waals surface area contributed by atoms with Crippen LogP contribution in [0.15, 0.2) is 18.2 Å². The fraction of sp³-hybridized carbons (Fsp3) is 0.429. The predicted molar refractivity (Wildman–Crippen MR) is 70.6 cm³/mol. The van der Waals surface area contributed by atoms with E-state index in [1.54, 1.807) is 0 Å². The molecule has 0 amide bonds. The minimum absolute atomic E-state index is 0.461. The standard InChI is InChI=1S/C14H19NO3/c1-4-10(2)9-18-13-7-5-11(3)15-12(13)6-8-14(16)17/h5-8,10H,4,9H2,1-3H3,(H,16,17). The van der Waals surface area contributed by atoms with Crippen LogP contribution in [0.25, 0.3) is 6.08 Å². The Kier molecular flexibility index (Phi) is 5.36. The Morgan fingerprint density at radius 3 is 2.89 bits per heavy atom. The Morgan fingerprint density at radius 1 is 1.56 bits per heavy atom. The van der Waals surface area contributed by atoms with Gasteiger partial charge < -0.3 is 9.84 Å². The molecule has 0 bridgehead atoms. The molecule has 98 valence electrons. The number of carboxylic acids is 1. The lowest BCUT2D eigenvalue weighted by Crippen LogP contribution is -2.08. The van der Waals surface area contributed by atoms with Crippen LogP contribution in [0.3, 0.4) is 0 Å². The summed E-state index contributed by atoms with van der Waals surface area (Å²) in [6.45, 7) is 6.67. The number of aromatic nitrogens is 1. The molecule has 4 nitrogen and oxygen atoms in total. The van der Waals surface area contributed by atoms with Gasteiger partial charge in [0.05, 0.1) is 6.61 Å².